The number of halogens is 3. The topological polar surface area (TPSA) is 42.4 Å². The lowest BCUT2D eigenvalue weighted by molar-refractivity contribution is -0.154. The first-order valence-electron chi connectivity index (χ1n) is 6.93. The fourth-order valence-corrected chi connectivity index (χ4v) is 3.30. The van der Waals surface area contributed by atoms with E-state index in [1.165, 1.54) is 23.2 Å². The monoisotopic (exact) mass is 342 g/mol. The molecule has 0 saturated carbocycles. The summed E-state index contributed by atoms with van der Waals surface area (Å²) in [6.07, 6.45) is -2.43. The van der Waals surface area contributed by atoms with Gasteiger partial charge < -0.3 is 9.64 Å². The Hall–Kier alpha value is -2.09. The van der Waals surface area contributed by atoms with Crippen LogP contribution in [0.1, 0.15) is 20.8 Å². The second-order valence-corrected chi connectivity index (χ2v) is 6.11. The van der Waals surface area contributed by atoms with Gasteiger partial charge in [-0.15, -0.1) is 11.3 Å². The van der Waals surface area contributed by atoms with Crippen molar-refractivity contribution >= 4 is 17.2 Å². The van der Waals surface area contributed by atoms with Crippen molar-refractivity contribution in [3.63, 3.8) is 0 Å². The van der Waals surface area contributed by atoms with Gasteiger partial charge in [0.1, 0.15) is 5.56 Å². The minimum Gasteiger partial charge on any atom is -0.467 e. The molecule has 122 valence electrons. The summed E-state index contributed by atoms with van der Waals surface area (Å²) in [7, 11) is 0. The van der Waals surface area contributed by atoms with Crippen molar-refractivity contribution in [2.45, 2.75) is 19.1 Å². The summed E-state index contributed by atoms with van der Waals surface area (Å²) in [4.78, 5) is 19.2. The molecule has 2 aromatic heterocycles. The highest BCUT2D eigenvalue weighted by molar-refractivity contribution is 7.10. The summed E-state index contributed by atoms with van der Waals surface area (Å²) in [5.41, 5.74) is 1.13. The van der Waals surface area contributed by atoms with E-state index in [2.05, 4.69) is 9.72 Å². The summed E-state index contributed by atoms with van der Waals surface area (Å²) in [5.74, 6) is -0.655. The third kappa shape index (κ3) is 3.64. The van der Waals surface area contributed by atoms with Crippen LogP contribution in [0.15, 0.2) is 29.8 Å². The zero-order chi connectivity index (χ0) is 16.4. The maximum atomic E-state index is 12.6. The molecule has 1 amide bonds. The Labute approximate surface area is 134 Å². The van der Waals surface area contributed by atoms with Crippen LogP contribution in [0.2, 0.25) is 0 Å². The molecule has 0 atom stereocenters. The van der Waals surface area contributed by atoms with Crippen LogP contribution in [0, 0.1) is 0 Å². The zero-order valence-electron chi connectivity index (χ0n) is 12.0. The second kappa shape index (κ2) is 6.19. The van der Waals surface area contributed by atoms with E-state index in [0.717, 1.165) is 12.0 Å². The van der Waals surface area contributed by atoms with E-state index in [9.17, 15) is 18.0 Å². The van der Waals surface area contributed by atoms with Crippen LogP contribution in [0.5, 0.6) is 5.88 Å². The van der Waals surface area contributed by atoms with E-state index in [1.807, 2.05) is 11.4 Å². The number of nitrogens with zero attached hydrogens (tertiary/aromatic N) is 2. The molecule has 0 fully saturated rings. The van der Waals surface area contributed by atoms with Crippen molar-refractivity contribution < 1.29 is 22.7 Å². The maximum absolute atomic E-state index is 12.6. The lowest BCUT2D eigenvalue weighted by Gasteiger charge is -2.27. The van der Waals surface area contributed by atoms with E-state index in [0.29, 0.717) is 13.1 Å². The van der Waals surface area contributed by atoms with Gasteiger partial charge in [-0.25, -0.2) is 4.98 Å². The van der Waals surface area contributed by atoms with Gasteiger partial charge in [-0.2, -0.15) is 13.2 Å². The first-order valence-corrected chi connectivity index (χ1v) is 7.81. The molecule has 0 aromatic carbocycles. The van der Waals surface area contributed by atoms with Gasteiger partial charge in [0.2, 0.25) is 5.88 Å². The summed E-state index contributed by atoms with van der Waals surface area (Å²) in [6, 6.07) is 4.90. The van der Waals surface area contributed by atoms with Crippen molar-refractivity contribution in [3.8, 4) is 5.88 Å². The summed E-state index contributed by atoms with van der Waals surface area (Å²) in [6.45, 7) is -0.496. The molecule has 0 radical (unpaired) electrons. The van der Waals surface area contributed by atoms with E-state index < -0.39 is 12.8 Å². The normalized spacial score (nSPS) is 14.5. The van der Waals surface area contributed by atoms with Crippen molar-refractivity contribution in [1.82, 2.24) is 9.88 Å². The van der Waals surface area contributed by atoms with E-state index in [-0.39, 0.29) is 17.4 Å². The van der Waals surface area contributed by atoms with Gasteiger partial charge in [-0.3, -0.25) is 4.79 Å². The first kappa shape index (κ1) is 15.8. The van der Waals surface area contributed by atoms with Crippen LogP contribution in [0.25, 0.3) is 0 Å². The highest BCUT2D eigenvalue weighted by atomic mass is 32.1. The Kier molecular flexibility index (Phi) is 4.25. The van der Waals surface area contributed by atoms with Gasteiger partial charge in [0.15, 0.2) is 6.61 Å². The number of thiophene rings is 1. The van der Waals surface area contributed by atoms with Gasteiger partial charge in [-0.1, -0.05) is 0 Å². The minimum atomic E-state index is -4.48. The highest BCUT2D eigenvalue weighted by Crippen LogP contribution is 2.27. The Morgan fingerprint density at radius 1 is 1.39 bits per heavy atom. The molecule has 23 heavy (non-hydrogen) atoms. The molecule has 3 rings (SSSR count). The predicted octanol–water partition coefficient (Wildman–Crippen LogP) is 3.28. The smallest absolute Gasteiger partial charge is 0.422 e. The van der Waals surface area contributed by atoms with E-state index >= 15 is 0 Å². The first-order chi connectivity index (χ1) is 10.9. The van der Waals surface area contributed by atoms with Crippen LogP contribution in [-0.4, -0.2) is 35.1 Å². The van der Waals surface area contributed by atoms with Crippen LogP contribution in [-0.2, 0) is 13.0 Å². The molecule has 2 aromatic rings. The zero-order valence-corrected chi connectivity index (χ0v) is 12.8. The molecule has 0 saturated heterocycles. The Balaban J connectivity index is 1.78. The maximum Gasteiger partial charge on any atom is 0.422 e. The second-order valence-electron chi connectivity index (χ2n) is 5.11. The summed E-state index contributed by atoms with van der Waals surface area (Å²) >= 11 is 1.65. The SMILES string of the molecule is O=C(c1cccnc1OCC(F)(F)F)N1CCc2sccc2C1. The number of alkyl halides is 3. The number of carbonyl (C=O) groups excluding carboxylic acids is 1. The van der Waals surface area contributed by atoms with E-state index in [1.54, 1.807) is 16.2 Å². The highest BCUT2D eigenvalue weighted by Gasteiger charge is 2.30. The van der Waals surface area contributed by atoms with Crippen molar-refractivity contribution in [1.29, 1.82) is 0 Å². The molecule has 1 aliphatic rings. The van der Waals surface area contributed by atoms with Crippen LogP contribution >= 0.6 is 11.3 Å². The van der Waals surface area contributed by atoms with Gasteiger partial charge in [0.05, 0.1) is 0 Å². The average molecular weight is 342 g/mol. The summed E-state index contributed by atoms with van der Waals surface area (Å²) < 4.78 is 41.6. The molecule has 3 heterocycles. The molecular formula is C15H13F3N2O2S. The van der Waals surface area contributed by atoms with Gasteiger partial charge in [-0.05, 0) is 35.6 Å². The molecule has 0 unspecified atom stereocenters. The Morgan fingerprint density at radius 3 is 3.00 bits per heavy atom. The number of hydrogen-bond donors (Lipinski definition) is 0. The summed E-state index contributed by atoms with van der Waals surface area (Å²) in [5, 5.41) is 1.97. The van der Waals surface area contributed by atoms with Crippen molar-refractivity contribution in [3.05, 3.63) is 45.8 Å². The van der Waals surface area contributed by atoms with Gasteiger partial charge in [0, 0.05) is 24.2 Å². The molecule has 0 bridgehead atoms. The number of aromatic nitrogens is 1. The van der Waals surface area contributed by atoms with Crippen LogP contribution in [0.3, 0.4) is 0 Å². The molecule has 1 aliphatic heterocycles. The van der Waals surface area contributed by atoms with Crippen molar-refractivity contribution in [2.24, 2.45) is 0 Å². The van der Waals surface area contributed by atoms with Crippen LogP contribution in [0.4, 0.5) is 13.2 Å². The third-order valence-corrected chi connectivity index (χ3v) is 4.49. The number of rotatable bonds is 3. The number of hydrogen-bond acceptors (Lipinski definition) is 4. The average Bonchev–Trinajstić information content (AvgIpc) is 2.99. The molecule has 0 aliphatic carbocycles. The Bertz CT molecular complexity index is 715. The number of ether oxygens (including phenoxy) is 1. The lowest BCUT2D eigenvalue weighted by Crippen LogP contribution is -2.35. The van der Waals surface area contributed by atoms with Crippen molar-refractivity contribution in [2.75, 3.05) is 13.2 Å². The van der Waals surface area contributed by atoms with E-state index in [4.69, 9.17) is 0 Å². The lowest BCUT2D eigenvalue weighted by atomic mass is 10.1. The number of carbonyl (C=O) groups is 1. The minimum absolute atomic E-state index is 0.0513. The molecule has 0 N–H and O–H groups in total. The van der Waals surface area contributed by atoms with Gasteiger partial charge >= 0.3 is 6.18 Å². The fourth-order valence-electron chi connectivity index (χ4n) is 2.41. The molecule has 4 nitrogen and oxygen atoms in total. The molecular weight excluding hydrogens is 329 g/mol. The largest absolute Gasteiger partial charge is 0.467 e. The predicted molar refractivity (Wildman–Crippen MR) is 78.6 cm³/mol. The number of amides is 1. The fraction of sp³-hybridized carbons (Fsp3) is 0.333. The third-order valence-electron chi connectivity index (χ3n) is 3.47. The number of pyridine rings is 1. The molecule has 0 spiro atoms. The standard InChI is InChI=1S/C15H13F3N2O2S/c16-15(17,18)9-22-13-11(2-1-5-19-13)14(21)20-6-3-12-10(8-20)4-7-23-12/h1-2,4-5,7H,3,6,8-9H2. The van der Waals surface area contributed by atoms with Gasteiger partial charge in [0.25, 0.3) is 5.91 Å². The molecule has 8 heteroatoms. The Morgan fingerprint density at radius 2 is 2.22 bits per heavy atom. The quantitative estimate of drug-likeness (QED) is 0.860. The number of fused-ring (bicyclic) bond motifs is 1. The van der Waals surface area contributed by atoms with Crippen LogP contribution < -0.4 is 4.74 Å².